The van der Waals surface area contributed by atoms with Gasteiger partial charge in [-0.25, -0.2) is 5.21 Å². The molecule has 1 unspecified atom stereocenters. The molecule has 1 atom stereocenters. The van der Waals surface area contributed by atoms with Gasteiger partial charge < -0.3 is 5.21 Å². The molecule has 0 saturated carbocycles. The van der Waals surface area contributed by atoms with Crippen LogP contribution in [-0.4, -0.2) is 5.21 Å². The van der Waals surface area contributed by atoms with Gasteiger partial charge in [-0.3, -0.25) is 0 Å². The summed E-state index contributed by atoms with van der Waals surface area (Å²) in [5.41, 5.74) is 1.59. The minimum absolute atomic E-state index is 0.106. The zero-order valence-corrected chi connectivity index (χ0v) is 11.1. The molecule has 2 aromatic carbocycles. The molecule has 0 aliphatic carbocycles. The normalized spacial score (nSPS) is 12.8. The standard InChI is InChI=1S/C15H11ClN2O2/c16-13-7-5-11(6-8-13)9-12(10-17)14-3-1-2-4-15(14)18(19)20/h1-9,18-19H/b12-9-. The van der Waals surface area contributed by atoms with Crippen molar-refractivity contribution in [2.24, 2.45) is 0 Å². The number of rotatable bonds is 3. The summed E-state index contributed by atoms with van der Waals surface area (Å²) in [5, 5.41) is 29.2. The van der Waals surface area contributed by atoms with Gasteiger partial charge in [0.2, 0.25) is 0 Å². The Kier molecular flexibility index (Phi) is 4.51. The summed E-state index contributed by atoms with van der Waals surface area (Å²) >= 11 is 5.80. The van der Waals surface area contributed by atoms with Crippen molar-refractivity contribution in [1.29, 1.82) is 5.26 Å². The lowest BCUT2D eigenvalue weighted by Gasteiger charge is -2.14. The molecule has 0 aliphatic heterocycles. The van der Waals surface area contributed by atoms with Gasteiger partial charge in [0.15, 0.2) is 5.69 Å². The van der Waals surface area contributed by atoms with Crippen molar-refractivity contribution < 1.29 is 10.4 Å². The van der Waals surface area contributed by atoms with Crippen LogP contribution < -0.4 is 5.23 Å². The third-order valence-corrected chi connectivity index (χ3v) is 3.00. The number of hydrogen-bond acceptors (Lipinski definition) is 3. The number of nitriles is 1. The Morgan fingerprint density at radius 2 is 1.85 bits per heavy atom. The van der Waals surface area contributed by atoms with E-state index in [2.05, 4.69) is 0 Å². The van der Waals surface area contributed by atoms with E-state index in [1.807, 2.05) is 6.07 Å². The third kappa shape index (κ3) is 3.23. The van der Waals surface area contributed by atoms with Gasteiger partial charge in [0.05, 0.1) is 11.1 Å². The van der Waals surface area contributed by atoms with Gasteiger partial charge in [0, 0.05) is 11.1 Å². The fourth-order valence-electron chi connectivity index (χ4n) is 1.80. The monoisotopic (exact) mass is 286 g/mol. The molecule has 100 valence electrons. The molecule has 2 aromatic rings. The van der Waals surface area contributed by atoms with Gasteiger partial charge in [0.1, 0.15) is 6.07 Å². The van der Waals surface area contributed by atoms with Crippen molar-refractivity contribution in [3.8, 4) is 6.07 Å². The smallest absolute Gasteiger partial charge is 0.172 e. The van der Waals surface area contributed by atoms with Crippen LogP contribution in [0.3, 0.4) is 0 Å². The van der Waals surface area contributed by atoms with Crippen molar-refractivity contribution in [2.75, 3.05) is 0 Å². The molecule has 0 aliphatic rings. The topological polar surface area (TPSA) is 71.5 Å². The van der Waals surface area contributed by atoms with Crippen LogP contribution in [0.2, 0.25) is 5.02 Å². The maximum atomic E-state index is 11.2. The van der Waals surface area contributed by atoms with Gasteiger partial charge in [0.25, 0.3) is 0 Å². The highest BCUT2D eigenvalue weighted by Gasteiger charge is 2.12. The van der Waals surface area contributed by atoms with E-state index in [4.69, 9.17) is 16.8 Å². The quantitative estimate of drug-likeness (QED) is 0.518. The molecule has 0 saturated heterocycles. The molecule has 0 heterocycles. The van der Waals surface area contributed by atoms with Gasteiger partial charge in [-0.15, -0.1) is 0 Å². The zero-order valence-electron chi connectivity index (χ0n) is 10.4. The van der Waals surface area contributed by atoms with Crippen LogP contribution in [0.15, 0.2) is 48.5 Å². The van der Waals surface area contributed by atoms with Crippen LogP contribution in [-0.2, 0) is 0 Å². The molecule has 2 rings (SSSR count). The highest BCUT2D eigenvalue weighted by molar-refractivity contribution is 6.30. The summed E-state index contributed by atoms with van der Waals surface area (Å²) in [6, 6.07) is 15.4. The molecule has 20 heavy (non-hydrogen) atoms. The lowest BCUT2D eigenvalue weighted by molar-refractivity contribution is -0.991. The van der Waals surface area contributed by atoms with E-state index in [1.165, 1.54) is 6.07 Å². The van der Waals surface area contributed by atoms with Crippen molar-refractivity contribution in [3.63, 3.8) is 0 Å². The second-order valence-corrected chi connectivity index (χ2v) is 4.51. The number of nitrogens with zero attached hydrogens (tertiary/aromatic N) is 1. The number of allylic oxidation sites excluding steroid dienone is 1. The van der Waals surface area contributed by atoms with E-state index in [1.54, 1.807) is 48.5 Å². The van der Waals surface area contributed by atoms with E-state index in [0.717, 1.165) is 5.56 Å². The highest BCUT2D eigenvalue weighted by atomic mass is 35.5. The first-order chi connectivity index (χ1) is 9.61. The Morgan fingerprint density at radius 3 is 2.45 bits per heavy atom. The summed E-state index contributed by atoms with van der Waals surface area (Å²) in [7, 11) is 0. The van der Waals surface area contributed by atoms with E-state index in [-0.39, 0.29) is 5.69 Å². The molecule has 0 radical (unpaired) electrons. The molecule has 0 spiro atoms. The highest BCUT2D eigenvalue weighted by Crippen LogP contribution is 2.23. The molecule has 0 bridgehead atoms. The lowest BCUT2D eigenvalue weighted by atomic mass is 10.0. The number of benzene rings is 2. The number of quaternary nitrogens is 1. The lowest BCUT2D eigenvalue weighted by Crippen LogP contribution is -2.99. The molecule has 4 nitrogen and oxygen atoms in total. The van der Waals surface area contributed by atoms with Crippen LogP contribution in [0.25, 0.3) is 11.6 Å². The predicted octanol–water partition coefficient (Wildman–Crippen LogP) is 2.81. The first kappa shape index (κ1) is 14.3. The van der Waals surface area contributed by atoms with Crippen molar-refractivity contribution in [3.05, 3.63) is 69.9 Å². The average molecular weight is 287 g/mol. The Morgan fingerprint density at radius 1 is 1.20 bits per heavy atom. The number of halogens is 1. The first-order valence-electron chi connectivity index (χ1n) is 5.82. The second-order valence-electron chi connectivity index (χ2n) is 4.07. The van der Waals surface area contributed by atoms with E-state index in [0.29, 0.717) is 16.2 Å². The van der Waals surface area contributed by atoms with Gasteiger partial charge in [-0.1, -0.05) is 35.9 Å². The van der Waals surface area contributed by atoms with E-state index >= 15 is 0 Å². The van der Waals surface area contributed by atoms with Crippen molar-refractivity contribution in [2.45, 2.75) is 0 Å². The fraction of sp³-hybridized carbons (Fsp3) is 0. The Balaban J connectivity index is 2.48. The van der Waals surface area contributed by atoms with Crippen LogP contribution in [0.1, 0.15) is 11.1 Å². The zero-order chi connectivity index (χ0) is 14.5. The van der Waals surface area contributed by atoms with Crippen LogP contribution >= 0.6 is 11.6 Å². The predicted molar refractivity (Wildman–Crippen MR) is 77.2 cm³/mol. The van der Waals surface area contributed by atoms with E-state index < -0.39 is 5.23 Å². The van der Waals surface area contributed by atoms with Gasteiger partial charge >= 0.3 is 0 Å². The second kappa shape index (κ2) is 6.33. The summed E-state index contributed by atoms with van der Waals surface area (Å²) in [6.07, 6.45) is 1.64. The minimum atomic E-state index is -1.06. The maximum Gasteiger partial charge on any atom is 0.172 e. The molecule has 5 heteroatoms. The number of hydrogen-bond donors (Lipinski definition) is 2. The van der Waals surface area contributed by atoms with Crippen molar-refractivity contribution in [1.82, 2.24) is 0 Å². The SMILES string of the molecule is N#C/C(=C/c1ccc(Cl)cc1)c1ccccc1[NH+]([O-])O. The van der Waals surface area contributed by atoms with Crippen LogP contribution in [0.5, 0.6) is 0 Å². The van der Waals surface area contributed by atoms with Gasteiger partial charge in [-0.2, -0.15) is 10.5 Å². The van der Waals surface area contributed by atoms with E-state index in [9.17, 15) is 10.5 Å². The van der Waals surface area contributed by atoms with Crippen LogP contribution in [0.4, 0.5) is 5.69 Å². The largest absolute Gasteiger partial charge is 0.595 e. The maximum absolute atomic E-state index is 11.2. The summed E-state index contributed by atoms with van der Waals surface area (Å²) < 4.78 is 0. The number of para-hydroxylation sites is 1. The average Bonchev–Trinajstić information content (AvgIpc) is 2.46. The summed E-state index contributed by atoms with van der Waals surface area (Å²) in [4.78, 5) is 0. The van der Waals surface area contributed by atoms with Gasteiger partial charge in [-0.05, 0) is 29.8 Å². The summed E-state index contributed by atoms with van der Waals surface area (Å²) in [6.45, 7) is 0. The van der Waals surface area contributed by atoms with Crippen molar-refractivity contribution >= 4 is 28.9 Å². The van der Waals surface area contributed by atoms with Crippen LogP contribution in [0, 0.1) is 16.5 Å². The third-order valence-electron chi connectivity index (χ3n) is 2.75. The Labute approximate surface area is 121 Å². The Bertz CT molecular complexity index is 673. The Hall–Kier alpha value is -2.16. The molecule has 0 amide bonds. The molecular formula is C15H11ClN2O2. The molecule has 0 fully saturated rings. The minimum Gasteiger partial charge on any atom is -0.595 e. The fourth-order valence-corrected chi connectivity index (χ4v) is 1.93. The molecular weight excluding hydrogens is 276 g/mol. The first-order valence-corrected chi connectivity index (χ1v) is 6.19. The number of nitrogens with one attached hydrogen (secondary N) is 1. The summed E-state index contributed by atoms with van der Waals surface area (Å²) in [5.74, 6) is 0. The molecule has 0 aromatic heterocycles. The molecule has 2 N–H and O–H groups in total.